The van der Waals surface area contributed by atoms with Crippen molar-refractivity contribution in [3.63, 3.8) is 0 Å². The molecule has 3 aromatic rings. The van der Waals surface area contributed by atoms with Gasteiger partial charge in [-0.15, -0.1) is 0 Å². The van der Waals surface area contributed by atoms with Gasteiger partial charge in [0.05, 0.1) is 36.0 Å². The van der Waals surface area contributed by atoms with Crippen LogP contribution < -0.4 is 14.2 Å². The van der Waals surface area contributed by atoms with Gasteiger partial charge >= 0.3 is 17.1 Å². The van der Waals surface area contributed by atoms with E-state index in [1.165, 1.54) is 75.9 Å². The SMILES string of the molecule is CCO.COc1ccccc1S(=O)(=O)[O-].COc1ccccc1S(=O)(=O)[O-].COc1ccccc1S(=O)(=O)[O-].[Fe+3]. The predicted molar refractivity (Wildman–Crippen MR) is 136 cm³/mol. The zero-order valence-corrected chi connectivity index (χ0v) is 25.1. The molecule has 13 nitrogen and oxygen atoms in total. The van der Waals surface area contributed by atoms with Gasteiger partial charge < -0.3 is 33.0 Å². The maximum absolute atomic E-state index is 10.6. The van der Waals surface area contributed by atoms with Gasteiger partial charge in [0.15, 0.2) is 0 Å². The molecule has 0 aliphatic rings. The number of aliphatic hydroxyl groups is 1. The first-order valence-electron chi connectivity index (χ1n) is 10.5. The first-order chi connectivity index (χ1) is 18.1. The Kier molecular flexibility index (Phi) is 18.3. The second-order valence-electron chi connectivity index (χ2n) is 6.63. The van der Waals surface area contributed by atoms with Gasteiger partial charge in [-0.3, -0.25) is 0 Å². The van der Waals surface area contributed by atoms with E-state index < -0.39 is 30.4 Å². The van der Waals surface area contributed by atoms with E-state index >= 15 is 0 Å². The van der Waals surface area contributed by atoms with Crippen LogP contribution in [0.1, 0.15) is 6.92 Å². The molecule has 3 rings (SSSR count). The molecule has 0 amide bonds. The Morgan fingerprint density at radius 3 is 0.850 bits per heavy atom. The summed E-state index contributed by atoms with van der Waals surface area (Å²) in [7, 11) is -9.33. The smallest absolute Gasteiger partial charge is 0.744 e. The Bertz CT molecular complexity index is 1310. The number of hydrogen-bond donors (Lipinski definition) is 1. The van der Waals surface area contributed by atoms with Crippen molar-refractivity contribution in [2.24, 2.45) is 0 Å². The second-order valence-corrected chi connectivity index (χ2v) is 10.7. The van der Waals surface area contributed by atoms with Crippen molar-refractivity contribution in [1.29, 1.82) is 0 Å². The third-order valence-electron chi connectivity index (χ3n) is 4.02. The third-order valence-corrected chi connectivity index (χ3v) is 6.64. The number of hydrogen-bond acceptors (Lipinski definition) is 13. The van der Waals surface area contributed by atoms with Crippen LogP contribution in [-0.4, -0.2) is 72.0 Å². The zero-order chi connectivity index (χ0) is 30.3. The first kappa shape index (κ1) is 39.4. The predicted octanol–water partition coefficient (Wildman–Crippen LogP) is 1.79. The largest absolute Gasteiger partial charge is 3.00 e. The molecular weight excluding hydrogens is 636 g/mol. The third kappa shape index (κ3) is 14.1. The normalized spacial score (nSPS) is 10.5. The van der Waals surface area contributed by atoms with Gasteiger partial charge in [0.25, 0.3) is 0 Å². The Balaban J connectivity index is 0. The maximum atomic E-state index is 10.6. The van der Waals surface area contributed by atoms with Gasteiger partial charge in [-0.1, -0.05) is 36.4 Å². The van der Waals surface area contributed by atoms with Crippen LogP contribution in [0.5, 0.6) is 17.2 Å². The van der Waals surface area contributed by atoms with Crippen molar-refractivity contribution >= 4 is 30.4 Å². The van der Waals surface area contributed by atoms with E-state index in [1.54, 1.807) is 25.1 Å². The van der Waals surface area contributed by atoms with Crippen LogP contribution in [0.4, 0.5) is 0 Å². The van der Waals surface area contributed by atoms with Crippen LogP contribution in [0, 0.1) is 0 Å². The van der Waals surface area contributed by atoms with E-state index in [9.17, 15) is 38.9 Å². The molecule has 0 unspecified atom stereocenters. The molecule has 0 heterocycles. The van der Waals surface area contributed by atoms with Crippen molar-refractivity contribution < 1.29 is 75.3 Å². The van der Waals surface area contributed by atoms with Crippen molar-refractivity contribution in [2.45, 2.75) is 21.6 Å². The maximum Gasteiger partial charge on any atom is 3.00 e. The summed E-state index contributed by atoms with van der Waals surface area (Å²) in [5, 5.41) is 7.57. The molecule has 17 heteroatoms. The molecule has 0 saturated carbocycles. The number of benzene rings is 3. The van der Waals surface area contributed by atoms with Crippen LogP contribution in [0.25, 0.3) is 0 Å². The number of aliphatic hydroxyl groups excluding tert-OH is 1. The number of rotatable bonds is 6. The first-order valence-corrected chi connectivity index (χ1v) is 14.7. The molecule has 1 N–H and O–H groups in total. The van der Waals surface area contributed by atoms with Crippen LogP contribution in [0.2, 0.25) is 0 Å². The van der Waals surface area contributed by atoms with Gasteiger partial charge in [0.2, 0.25) is 0 Å². The van der Waals surface area contributed by atoms with Crippen LogP contribution in [-0.2, 0) is 47.4 Å². The van der Waals surface area contributed by atoms with E-state index in [4.69, 9.17) is 19.3 Å². The van der Waals surface area contributed by atoms with E-state index in [-0.39, 0.29) is 55.6 Å². The minimum atomic E-state index is -4.42. The summed E-state index contributed by atoms with van der Waals surface area (Å²) >= 11 is 0. The summed E-state index contributed by atoms with van der Waals surface area (Å²) in [6, 6.07) is 17.1. The van der Waals surface area contributed by atoms with Crippen molar-refractivity contribution in [3.05, 3.63) is 72.8 Å². The van der Waals surface area contributed by atoms with Crippen LogP contribution in [0.3, 0.4) is 0 Å². The van der Waals surface area contributed by atoms with Gasteiger partial charge in [-0.25, -0.2) is 25.3 Å². The minimum absolute atomic E-state index is 0. The summed E-state index contributed by atoms with van der Waals surface area (Å²) < 4.78 is 109. The van der Waals surface area contributed by atoms with Crippen molar-refractivity contribution in [2.75, 3.05) is 27.9 Å². The standard InChI is InChI=1S/3C7H8O4S.C2H6O.Fe/c3*1-11-6-4-2-3-5-7(6)12(8,9)10;1-2-3;/h3*2-5H,1H3,(H,8,9,10);3H,2H2,1H3;/q;;;;+3/p-3. The van der Waals surface area contributed by atoms with Crippen LogP contribution >= 0.6 is 0 Å². The average molecular weight is 664 g/mol. The topological polar surface area (TPSA) is 220 Å². The Morgan fingerprint density at radius 2 is 0.725 bits per heavy atom. The van der Waals surface area contributed by atoms with Gasteiger partial charge in [-0.05, 0) is 43.3 Å². The molecule has 0 aliphatic carbocycles. The van der Waals surface area contributed by atoms with Crippen molar-refractivity contribution in [3.8, 4) is 17.2 Å². The summed E-state index contributed by atoms with van der Waals surface area (Å²) in [5.74, 6) is 0.229. The average Bonchev–Trinajstić information content (AvgIpc) is 2.88. The van der Waals surface area contributed by atoms with Gasteiger partial charge in [-0.2, -0.15) is 0 Å². The fourth-order valence-corrected chi connectivity index (χ4v) is 4.41. The van der Waals surface area contributed by atoms with E-state index in [0.29, 0.717) is 0 Å². The summed E-state index contributed by atoms with van der Waals surface area (Å²) in [5.41, 5.74) is 0. The summed E-state index contributed by atoms with van der Waals surface area (Å²) in [4.78, 5) is -0.979. The second kappa shape index (κ2) is 18.6. The number of methoxy groups -OCH3 is 3. The Hall–Kier alpha value is -2.73. The molecule has 3 aromatic carbocycles. The Labute approximate surface area is 244 Å². The molecule has 0 saturated heterocycles. The summed E-state index contributed by atoms with van der Waals surface area (Å²) in [6.07, 6.45) is 0. The fourth-order valence-electron chi connectivity index (χ4n) is 2.48. The quantitative estimate of drug-likeness (QED) is 0.294. The fraction of sp³-hybridized carbons (Fsp3) is 0.217. The summed E-state index contributed by atoms with van der Waals surface area (Å²) in [6.45, 7) is 1.93. The van der Waals surface area contributed by atoms with Crippen molar-refractivity contribution in [1.82, 2.24) is 0 Å². The molecule has 0 aliphatic heterocycles. The molecule has 40 heavy (non-hydrogen) atoms. The molecule has 0 spiro atoms. The number of ether oxygens (including phenoxy) is 3. The molecular formula is C23H27FeO13S3. The molecule has 0 bridgehead atoms. The molecule has 1 radical (unpaired) electrons. The zero-order valence-electron chi connectivity index (χ0n) is 21.6. The van der Waals surface area contributed by atoms with E-state index in [2.05, 4.69) is 0 Å². The Morgan fingerprint density at radius 1 is 0.550 bits per heavy atom. The number of para-hydroxylation sites is 3. The molecule has 223 valence electrons. The van der Waals surface area contributed by atoms with Gasteiger partial charge in [0.1, 0.15) is 47.6 Å². The molecule has 0 aromatic heterocycles. The van der Waals surface area contributed by atoms with E-state index in [1.807, 2.05) is 0 Å². The van der Waals surface area contributed by atoms with Gasteiger partial charge in [0, 0.05) is 6.61 Å². The van der Waals surface area contributed by atoms with E-state index in [0.717, 1.165) is 0 Å². The molecule has 0 fully saturated rings. The molecule has 0 atom stereocenters. The monoisotopic (exact) mass is 663 g/mol. The van der Waals surface area contributed by atoms with Crippen LogP contribution in [0.15, 0.2) is 87.5 Å². The minimum Gasteiger partial charge on any atom is -0.744 e.